The van der Waals surface area contributed by atoms with Gasteiger partial charge in [-0.15, -0.1) is 10.2 Å². The van der Waals surface area contributed by atoms with Crippen LogP contribution in [0.1, 0.15) is 11.1 Å². The fourth-order valence-electron chi connectivity index (χ4n) is 2.46. The summed E-state index contributed by atoms with van der Waals surface area (Å²) in [7, 11) is 0. The van der Waals surface area contributed by atoms with Crippen molar-refractivity contribution in [3.05, 3.63) is 71.8 Å². The number of amides is 1. The molecule has 0 aliphatic rings. The van der Waals surface area contributed by atoms with Gasteiger partial charge in [-0.25, -0.2) is 0 Å². The number of hydrogen-bond acceptors (Lipinski definition) is 5. The number of hydrogen-bond donors (Lipinski definition) is 2. The molecule has 0 aliphatic heterocycles. The molecule has 3 aromatic rings. The van der Waals surface area contributed by atoms with Gasteiger partial charge in [0, 0.05) is 12.3 Å². The summed E-state index contributed by atoms with van der Waals surface area (Å²) in [6.07, 6.45) is 0.915. The van der Waals surface area contributed by atoms with Crippen LogP contribution in [0.4, 0.5) is 5.95 Å². The van der Waals surface area contributed by atoms with Crippen molar-refractivity contribution in [2.75, 3.05) is 11.5 Å². The molecule has 134 valence electrons. The van der Waals surface area contributed by atoms with Gasteiger partial charge in [0.1, 0.15) is 6.54 Å². The number of anilines is 1. The second kappa shape index (κ2) is 9.05. The molecular formula is C19H21N5OS. The Morgan fingerprint density at radius 3 is 2.35 bits per heavy atom. The zero-order valence-electron chi connectivity index (χ0n) is 14.3. The molecule has 0 fully saturated rings. The molecule has 1 amide bonds. The number of thioether (sulfide) groups is 1. The van der Waals surface area contributed by atoms with Crippen molar-refractivity contribution < 1.29 is 4.79 Å². The molecule has 0 saturated carbocycles. The third kappa shape index (κ3) is 5.10. The number of aryl methyl sites for hydroxylation is 1. The number of aromatic nitrogens is 3. The van der Waals surface area contributed by atoms with Crippen LogP contribution in [-0.2, 0) is 24.3 Å². The van der Waals surface area contributed by atoms with Crippen LogP contribution >= 0.6 is 11.8 Å². The number of nitrogens with two attached hydrogens (primary N) is 1. The third-order valence-corrected chi connectivity index (χ3v) is 4.81. The lowest BCUT2D eigenvalue weighted by molar-refractivity contribution is -0.121. The number of rotatable bonds is 8. The van der Waals surface area contributed by atoms with E-state index in [9.17, 15) is 4.79 Å². The maximum atomic E-state index is 12.2. The van der Waals surface area contributed by atoms with E-state index in [0.717, 1.165) is 17.7 Å². The van der Waals surface area contributed by atoms with Crippen molar-refractivity contribution in [1.82, 2.24) is 20.1 Å². The van der Waals surface area contributed by atoms with Crippen LogP contribution in [0.3, 0.4) is 0 Å². The number of nitrogen functional groups attached to an aromatic ring is 1. The van der Waals surface area contributed by atoms with Gasteiger partial charge in [0.25, 0.3) is 0 Å². The summed E-state index contributed by atoms with van der Waals surface area (Å²) in [5, 5.41) is 11.5. The maximum absolute atomic E-state index is 12.2. The normalized spacial score (nSPS) is 10.6. The highest BCUT2D eigenvalue weighted by molar-refractivity contribution is 7.99. The second-order valence-electron chi connectivity index (χ2n) is 5.77. The standard InChI is InChI=1S/C19H21N5OS/c20-18-22-23-19(26-12-11-15-7-3-1-4-8-15)24(18)14-17(25)21-13-16-9-5-2-6-10-16/h1-10H,11-14H2,(H2,20,22)(H,21,25). The molecule has 3 N–H and O–H groups in total. The fraction of sp³-hybridized carbons (Fsp3) is 0.211. The molecule has 1 heterocycles. The highest BCUT2D eigenvalue weighted by Gasteiger charge is 2.13. The summed E-state index contributed by atoms with van der Waals surface area (Å²) in [4.78, 5) is 12.2. The molecule has 0 saturated heterocycles. The van der Waals surface area contributed by atoms with Crippen LogP contribution in [0.5, 0.6) is 0 Å². The largest absolute Gasteiger partial charge is 0.368 e. The van der Waals surface area contributed by atoms with E-state index in [4.69, 9.17) is 5.73 Å². The minimum absolute atomic E-state index is 0.110. The molecule has 0 bridgehead atoms. The summed E-state index contributed by atoms with van der Waals surface area (Å²) >= 11 is 1.55. The van der Waals surface area contributed by atoms with E-state index in [0.29, 0.717) is 11.7 Å². The quantitative estimate of drug-likeness (QED) is 0.598. The Bertz CT molecular complexity index is 836. The van der Waals surface area contributed by atoms with Crippen molar-refractivity contribution in [3.63, 3.8) is 0 Å². The molecule has 3 rings (SSSR count). The molecule has 0 aliphatic carbocycles. The monoisotopic (exact) mass is 367 g/mol. The predicted molar refractivity (Wildman–Crippen MR) is 104 cm³/mol. The minimum Gasteiger partial charge on any atom is -0.368 e. The first-order valence-electron chi connectivity index (χ1n) is 8.38. The number of nitrogens with one attached hydrogen (secondary N) is 1. The summed E-state index contributed by atoms with van der Waals surface area (Å²) in [6.45, 7) is 0.595. The van der Waals surface area contributed by atoms with Gasteiger partial charge in [0.05, 0.1) is 0 Å². The van der Waals surface area contributed by atoms with E-state index >= 15 is 0 Å². The first-order chi connectivity index (χ1) is 12.7. The Balaban J connectivity index is 1.52. The molecule has 7 heteroatoms. The molecule has 1 aromatic heterocycles. The molecule has 0 spiro atoms. The van der Waals surface area contributed by atoms with Crippen molar-refractivity contribution in [1.29, 1.82) is 0 Å². The topological polar surface area (TPSA) is 85.8 Å². The van der Waals surface area contributed by atoms with E-state index in [1.807, 2.05) is 48.5 Å². The Morgan fingerprint density at radius 1 is 1.00 bits per heavy atom. The molecule has 0 unspecified atom stereocenters. The average Bonchev–Trinajstić information content (AvgIpc) is 3.02. The first-order valence-corrected chi connectivity index (χ1v) is 9.37. The Labute approximate surface area is 156 Å². The van der Waals surface area contributed by atoms with E-state index < -0.39 is 0 Å². The molecule has 6 nitrogen and oxygen atoms in total. The third-order valence-electron chi connectivity index (χ3n) is 3.84. The summed E-state index contributed by atoms with van der Waals surface area (Å²) in [6, 6.07) is 20.0. The Hall–Kier alpha value is -2.80. The highest BCUT2D eigenvalue weighted by Crippen LogP contribution is 2.19. The van der Waals surface area contributed by atoms with E-state index in [2.05, 4.69) is 27.6 Å². The molecule has 0 atom stereocenters. The van der Waals surface area contributed by atoms with Crippen LogP contribution in [0.25, 0.3) is 0 Å². The Kier molecular flexibility index (Phi) is 6.27. The number of carbonyl (C=O) groups is 1. The minimum atomic E-state index is -0.120. The SMILES string of the molecule is Nc1nnc(SCCc2ccccc2)n1CC(=O)NCc1ccccc1. The van der Waals surface area contributed by atoms with Crippen molar-refractivity contribution in [3.8, 4) is 0 Å². The van der Waals surface area contributed by atoms with Gasteiger partial charge in [0.15, 0.2) is 5.16 Å². The maximum Gasteiger partial charge on any atom is 0.240 e. The summed E-state index contributed by atoms with van der Waals surface area (Å²) < 4.78 is 1.65. The van der Waals surface area contributed by atoms with Gasteiger partial charge in [0.2, 0.25) is 11.9 Å². The summed E-state index contributed by atoms with van der Waals surface area (Å²) in [5.74, 6) is 0.973. The van der Waals surface area contributed by atoms with Crippen molar-refractivity contribution in [2.45, 2.75) is 24.7 Å². The zero-order valence-corrected chi connectivity index (χ0v) is 15.2. The lowest BCUT2D eigenvalue weighted by Gasteiger charge is -2.09. The van der Waals surface area contributed by atoms with Crippen LogP contribution < -0.4 is 11.1 Å². The molecular weight excluding hydrogens is 346 g/mol. The van der Waals surface area contributed by atoms with E-state index in [1.165, 1.54) is 5.56 Å². The van der Waals surface area contributed by atoms with Gasteiger partial charge in [-0.2, -0.15) is 0 Å². The van der Waals surface area contributed by atoms with Gasteiger partial charge in [-0.1, -0.05) is 72.4 Å². The molecule has 26 heavy (non-hydrogen) atoms. The van der Waals surface area contributed by atoms with Crippen LogP contribution in [-0.4, -0.2) is 26.4 Å². The van der Waals surface area contributed by atoms with Crippen LogP contribution in [0.2, 0.25) is 0 Å². The Morgan fingerprint density at radius 2 is 1.65 bits per heavy atom. The lowest BCUT2D eigenvalue weighted by Crippen LogP contribution is -2.27. The molecule has 2 aromatic carbocycles. The number of benzene rings is 2. The number of carbonyl (C=O) groups excluding carboxylic acids is 1. The molecule has 0 radical (unpaired) electrons. The average molecular weight is 367 g/mol. The zero-order chi connectivity index (χ0) is 18.2. The van der Waals surface area contributed by atoms with Gasteiger partial charge in [-0.05, 0) is 17.5 Å². The van der Waals surface area contributed by atoms with E-state index in [1.54, 1.807) is 16.3 Å². The van der Waals surface area contributed by atoms with Crippen molar-refractivity contribution >= 4 is 23.6 Å². The number of nitrogens with zero attached hydrogens (tertiary/aromatic N) is 3. The fourth-order valence-corrected chi connectivity index (χ4v) is 3.39. The smallest absolute Gasteiger partial charge is 0.240 e. The lowest BCUT2D eigenvalue weighted by atomic mass is 10.2. The van der Waals surface area contributed by atoms with Gasteiger partial charge < -0.3 is 11.1 Å². The van der Waals surface area contributed by atoms with E-state index in [-0.39, 0.29) is 18.4 Å². The van der Waals surface area contributed by atoms with Gasteiger partial charge >= 0.3 is 0 Å². The second-order valence-corrected chi connectivity index (χ2v) is 6.84. The first kappa shape index (κ1) is 18.0. The van der Waals surface area contributed by atoms with Crippen molar-refractivity contribution in [2.24, 2.45) is 0 Å². The predicted octanol–water partition coefficient (Wildman–Crippen LogP) is 2.51. The highest BCUT2D eigenvalue weighted by atomic mass is 32.2. The van der Waals surface area contributed by atoms with Crippen LogP contribution in [0, 0.1) is 0 Å². The summed E-state index contributed by atoms with van der Waals surface area (Å²) in [5.41, 5.74) is 8.19. The van der Waals surface area contributed by atoms with Crippen LogP contribution in [0.15, 0.2) is 65.8 Å². The van der Waals surface area contributed by atoms with Gasteiger partial charge in [-0.3, -0.25) is 9.36 Å².